The standard InChI is InChI=1S/C17H16N2O2/c1-11(2)12-6-8-13(9-7-12)15-16(17(20)21)19-10-4-3-5-14(19)18-15/h3-11H,1-2H3,(H,20,21). The van der Waals surface area contributed by atoms with Crippen LogP contribution in [0.5, 0.6) is 0 Å². The molecule has 0 amide bonds. The summed E-state index contributed by atoms with van der Waals surface area (Å²) in [6.45, 7) is 4.26. The first-order chi connectivity index (χ1) is 10.1. The maximum atomic E-state index is 11.6. The molecule has 0 atom stereocenters. The molecule has 0 saturated carbocycles. The molecule has 4 nitrogen and oxygen atoms in total. The summed E-state index contributed by atoms with van der Waals surface area (Å²) < 4.78 is 1.61. The highest BCUT2D eigenvalue weighted by Crippen LogP contribution is 2.26. The average Bonchev–Trinajstić information content (AvgIpc) is 2.86. The van der Waals surface area contributed by atoms with Crippen molar-refractivity contribution < 1.29 is 9.90 Å². The number of pyridine rings is 1. The number of nitrogens with zero attached hydrogens (tertiary/aromatic N) is 2. The molecule has 0 aliphatic rings. The quantitative estimate of drug-likeness (QED) is 0.793. The van der Waals surface area contributed by atoms with E-state index < -0.39 is 5.97 Å². The number of carboxylic acids is 1. The van der Waals surface area contributed by atoms with Gasteiger partial charge < -0.3 is 5.11 Å². The maximum Gasteiger partial charge on any atom is 0.355 e. The van der Waals surface area contributed by atoms with Gasteiger partial charge >= 0.3 is 5.97 Å². The summed E-state index contributed by atoms with van der Waals surface area (Å²) >= 11 is 0. The Labute approximate surface area is 122 Å². The molecule has 4 heteroatoms. The van der Waals surface area contributed by atoms with Gasteiger partial charge in [-0.05, 0) is 23.6 Å². The predicted octanol–water partition coefficient (Wildman–Crippen LogP) is 3.82. The fraction of sp³-hybridized carbons (Fsp3) is 0.176. The number of carboxylic acid groups (broad SMARTS) is 1. The fourth-order valence-electron chi connectivity index (χ4n) is 2.43. The number of carbonyl (C=O) groups is 1. The van der Waals surface area contributed by atoms with Crippen LogP contribution < -0.4 is 0 Å². The van der Waals surface area contributed by atoms with E-state index in [-0.39, 0.29) is 5.69 Å². The number of benzene rings is 1. The number of aromatic carboxylic acids is 1. The Hall–Kier alpha value is -2.62. The van der Waals surface area contributed by atoms with E-state index in [0.717, 1.165) is 5.56 Å². The number of fused-ring (bicyclic) bond motifs is 1. The minimum absolute atomic E-state index is 0.197. The molecule has 0 fully saturated rings. The zero-order chi connectivity index (χ0) is 15.0. The van der Waals surface area contributed by atoms with Crippen molar-refractivity contribution in [2.75, 3.05) is 0 Å². The molecule has 0 unspecified atom stereocenters. The van der Waals surface area contributed by atoms with E-state index in [4.69, 9.17) is 0 Å². The zero-order valence-corrected chi connectivity index (χ0v) is 11.9. The molecule has 0 aliphatic carbocycles. The van der Waals surface area contributed by atoms with Crippen molar-refractivity contribution in [3.63, 3.8) is 0 Å². The van der Waals surface area contributed by atoms with Crippen LogP contribution >= 0.6 is 0 Å². The minimum atomic E-state index is -0.975. The van der Waals surface area contributed by atoms with E-state index in [9.17, 15) is 9.90 Å². The van der Waals surface area contributed by atoms with Crippen molar-refractivity contribution in [1.82, 2.24) is 9.38 Å². The molecule has 21 heavy (non-hydrogen) atoms. The molecular formula is C17H16N2O2. The van der Waals surface area contributed by atoms with Gasteiger partial charge in [0.05, 0.1) is 0 Å². The third-order valence-electron chi connectivity index (χ3n) is 3.58. The highest BCUT2D eigenvalue weighted by Gasteiger charge is 2.19. The Balaban J connectivity index is 2.19. The predicted molar refractivity (Wildman–Crippen MR) is 81.7 cm³/mol. The van der Waals surface area contributed by atoms with Crippen LogP contribution in [-0.4, -0.2) is 20.5 Å². The SMILES string of the molecule is CC(C)c1ccc(-c2nc3ccccn3c2C(=O)O)cc1. The van der Waals surface area contributed by atoms with Gasteiger partial charge in [0.15, 0.2) is 5.69 Å². The molecular weight excluding hydrogens is 264 g/mol. The van der Waals surface area contributed by atoms with Gasteiger partial charge in [0, 0.05) is 11.8 Å². The summed E-state index contributed by atoms with van der Waals surface area (Å²) in [7, 11) is 0. The topological polar surface area (TPSA) is 54.6 Å². The zero-order valence-electron chi connectivity index (χ0n) is 11.9. The summed E-state index contributed by atoms with van der Waals surface area (Å²) in [5, 5.41) is 9.50. The molecule has 0 radical (unpaired) electrons. The number of imidazole rings is 1. The van der Waals surface area contributed by atoms with E-state index in [1.165, 1.54) is 5.56 Å². The van der Waals surface area contributed by atoms with Crippen LogP contribution in [0, 0.1) is 0 Å². The molecule has 0 saturated heterocycles. The Morgan fingerprint density at radius 3 is 2.48 bits per heavy atom. The van der Waals surface area contributed by atoms with Crippen molar-refractivity contribution in [2.45, 2.75) is 19.8 Å². The van der Waals surface area contributed by atoms with Gasteiger partial charge in [0.1, 0.15) is 11.3 Å². The number of hydrogen-bond acceptors (Lipinski definition) is 2. The number of rotatable bonds is 3. The molecule has 106 valence electrons. The fourth-order valence-corrected chi connectivity index (χ4v) is 2.43. The Bertz CT molecular complexity index is 801. The van der Waals surface area contributed by atoms with Gasteiger partial charge in [-0.15, -0.1) is 0 Å². The summed E-state index contributed by atoms with van der Waals surface area (Å²) in [5.41, 5.74) is 3.38. The highest BCUT2D eigenvalue weighted by atomic mass is 16.4. The first-order valence-corrected chi connectivity index (χ1v) is 6.88. The van der Waals surface area contributed by atoms with Crippen LogP contribution in [0.1, 0.15) is 35.8 Å². The van der Waals surface area contributed by atoms with Gasteiger partial charge in [-0.25, -0.2) is 9.78 Å². The summed E-state index contributed by atoms with van der Waals surface area (Å²) in [5.74, 6) is -0.532. The van der Waals surface area contributed by atoms with Gasteiger partial charge in [-0.2, -0.15) is 0 Å². The van der Waals surface area contributed by atoms with Crippen LogP contribution in [0.3, 0.4) is 0 Å². The summed E-state index contributed by atoms with van der Waals surface area (Å²) in [6, 6.07) is 13.4. The average molecular weight is 280 g/mol. The molecule has 0 spiro atoms. The van der Waals surface area contributed by atoms with E-state index in [1.807, 2.05) is 30.3 Å². The first kappa shape index (κ1) is 13.4. The summed E-state index contributed by atoms with van der Waals surface area (Å²) in [4.78, 5) is 16.0. The van der Waals surface area contributed by atoms with E-state index in [1.54, 1.807) is 22.7 Å². The second-order valence-corrected chi connectivity index (χ2v) is 5.32. The first-order valence-electron chi connectivity index (χ1n) is 6.88. The second kappa shape index (κ2) is 5.05. The van der Waals surface area contributed by atoms with Crippen molar-refractivity contribution in [2.24, 2.45) is 0 Å². The molecule has 2 aromatic heterocycles. The van der Waals surface area contributed by atoms with Crippen molar-refractivity contribution in [3.05, 3.63) is 59.9 Å². The van der Waals surface area contributed by atoms with Gasteiger partial charge in [0.2, 0.25) is 0 Å². The van der Waals surface area contributed by atoms with Crippen LogP contribution in [0.4, 0.5) is 0 Å². The Morgan fingerprint density at radius 1 is 1.14 bits per heavy atom. The van der Waals surface area contributed by atoms with Crippen LogP contribution in [0.15, 0.2) is 48.7 Å². The maximum absolute atomic E-state index is 11.6. The number of hydrogen-bond donors (Lipinski definition) is 1. The molecule has 2 heterocycles. The monoisotopic (exact) mass is 280 g/mol. The smallest absolute Gasteiger partial charge is 0.355 e. The van der Waals surface area contributed by atoms with Gasteiger partial charge in [-0.1, -0.05) is 44.2 Å². The third kappa shape index (κ3) is 2.29. The van der Waals surface area contributed by atoms with Crippen LogP contribution in [-0.2, 0) is 0 Å². The van der Waals surface area contributed by atoms with Crippen molar-refractivity contribution in [1.29, 1.82) is 0 Å². The molecule has 1 aromatic carbocycles. The summed E-state index contributed by atoms with van der Waals surface area (Å²) in [6.07, 6.45) is 1.72. The minimum Gasteiger partial charge on any atom is -0.476 e. The normalized spacial score (nSPS) is 11.2. The van der Waals surface area contributed by atoms with Crippen molar-refractivity contribution in [3.8, 4) is 11.3 Å². The molecule has 3 rings (SSSR count). The molecule has 0 aliphatic heterocycles. The van der Waals surface area contributed by atoms with E-state index >= 15 is 0 Å². The molecule has 1 N–H and O–H groups in total. The molecule has 3 aromatic rings. The van der Waals surface area contributed by atoms with E-state index in [2.05, 4.69) is 18.8 Å². The Kier molecular flexibility index (Phi) is 3.22. The van der Waals surface area contributed by atoms with Crippen LogP contribution in [0.2, 0.25) is 0 Å². The lowest BCUT2D eigenvalue weighted by atomic mass is 10.0. The highest BCUT2D eigenvalue weighted by molar-refractivity contribution is 5.94. The number of aromatic nitrogens is 2. The van der Waals surface area contributed by atoms with Gasteiger partial charge in [0.25, 0.3) is 0 Å². The lowest BCUT2D eigenvalue weighted by Gasteiger charge is -2.06. The van der Waals surface area contributed by atoms with Crippen LogP contribution in [0.25, 0.3) is 16.9 Å². The third-order valence-corrected chi connectivity index (χ3v) is 3.58. The van der Waals surface area contributed by atoms with Crippen molar-refractivity contribution >= 4 is 11.6 Å². The van der Waals surface area contributed by atoms with Gasteiger partial charge in [-0.3, -0.25) is 4.40 Å². The lowest BCUT2D eigenvalue weighted by Crippen LogP contribution is -2.03. The second-order valence-electron chi connectivity index (χ2n) is 5.32. The van der Waals surface area contributed by atoms with E-state index in [0.29, 0.717) is 17.3 Å². The molecule has 0 bridgehead atoms. The lowest BCUT2D eigenvalue weighted by molar-refractivity contribution is 0.0690. The Morgan fingerprint density at radius 2 is 1.86 bits per heavy atom. The largest absolute Gasteiger partial charge is 0.476 e.